The van der Waals surface area contributed by atoms with Crippen LogP contribution in [0.5, 0.6) is 5.75 Å². The molecule has 9 nitrogen and oxygen atoms in total. The zero-order valence-corrected chi connectivity index (χ0v) is 19.0. The Bertz CT molecular complexity index is 1140. The maximum Gasteiger partial charge on any atom is 0.267 e. The first-order chi connectivity index (χ1) is 15.2. The number of hydrogen-bond donors (Lipinski definition) is 2. The van der Waals surface area contributed by atoms with E-state index in [0.717, 1.165) is 11.1 Å². The van der Waals surface area contributed by atoms with Crippen molar-refractivity contribution < 1.29 is 22.7 Å². The lowest BCUT2D eigenvalue weighted by Gasteiger charge is -2.24. The van der Waals surface area contributed by atoms with Gasteiger partial charge in [-0.15, -0.1) is 0 Å². The summed E-state index contributed by atoms with van der Waals surface area (Å²) in [7, 11) is -2.21. The molecule has 10 heteroatoms. The van der Waals surface area contributed by atoms with Crippen molar-refractivity contribution in [1.82, 2.24) is 10.0 Å². The van der Waals surface area contributed by atoms with Crippen molar-refractivity contribution >= 4 is 33.2 Å². The van der Waals surface area contributed by atoms with Crippen LogP contribution in [0.2, 0.25) is 0 Å². The van der Waals surface area contributed by atoms with E-state index in [4.69, 9.17) is 4.74 Å². The standard InChI is InChI=1S/C22H26N4O5S/c1-15-4-5-16(2)20(14-15)26-21(27)11-10-19(25-26)22(28)23-12-13-24-32(29,30)18-8-6-17(31-3)7-9-18/h4-9,14,24H,10-13H2,1-3H3,(H,23,28). The van der Waals surface area contributed by atoms with Gasteiger partial charge in [-0.25, -0.2) is 18.1 Å². The SMILES string of the molecule is COc1ccc(S(=O)(=O)NCCNC(=O)C2=NN(c3cc(C)ccc3C)C(=O)CC2)cc1. The molecule has 2 amide bonds. The molecule has 0 unspecified atom stereocenters. The number of aryl methyl sites for hydroxylation is 2. The molecule has 0 saturated carbocycles. The van der Waals surface area contributed by atoms with Gasteiger partial charge in [0.15, 0.2) is 0 Å². The largest absolute Gasteiger partial charge is 0.497 e. The summed E-state index contributed by atoms with van der Waals surface area (Å²) in [6.07, 6.45) is 0.396. The maximum absolute atomic E-state index is 12.5. The minimum atomic E-state index is -3.71. The average Bonchev–Trinajstić information content (AvgIpc) is 2.78. The summed E-state index contributed by atoms with van der Waals surface area (Å²) in [5, 5.41) is 8.19. The number of rotatable bonds is 8. The van der Waals surface area contributed by atoms with Gasteiger partial charge in [0.1, 0.15) is 11.5 Å². The maximum atomic E-state index is 12.5. The van der Waals surface area contributed by atoms with Gasteiger partial charge in [0.05, 0.1) is 17.7 Å². The smallest absolute Gasteiger partial charge is 0.267 e. The summed E-state index contributed by atoms with van der Waals surface area (Å²) in [5.74, 6) is -0.0585. The van der Waals surface area contributed by atoms with E-state index >= 15 is 0 Å². The van der Waals surface area contributed by atoms with Gasteiger partial charge in [0.2, 0.25) is 15.9 Å². The molecule has 2 N–H and O–H groups in total. The van der Waals surface area contributed by atoms with Gasteiger partial charge in [0, 0.05) is 25.9 Å². The van der Waals surface area contributed by atoms with Crippen molar-refractivity contribution in [3.8, 4) is 5.75 Å². The molecule has 3 rings (SSSR count). The second-order valence-electron chi connectivity index (χ2n) is 7.37. The quantitative estimate of drug-likeness (QED) is 0.586. The van der Waals surface area contributed by atoms with Crippen LogP contribution in [0.15, 0.2) is 52.5 Å². The molecule has 1 aliphatic rings. The fourth-order valence-electron chi connectivity index (χ4n) is 3.15. The normalized spacial score (nSPS) is 14.2. The summed E-state index contributed by atoms with van der Waals surface area (Å²) < 4.78 is 32.1. The number of nitrogens with zero attached hydrogens (tertiary/aromatic N) is 2. The zero-order chi connectivity index (χ0) is 23.3. The van der Waals surface area contributed by atoms with Gasteiger partial charge in [-0.1, -0.05) is 12.1 Å². The highest BCUT2D eigenvalue weighted by Gasteiger charge is 2.26. The second-order valence-corrected chi connectivity index (χ2v) is 9.14. The third kappa shape index (κ3) is 5.51. The zero-order valence-electron chi connectivity index (χ0n) is 18.2. The Hall–Kier alpha value is -3.24. The summed E-state index contributed by atoms with van der Waals surface area (Å²) in [5.41, 5.74) is 2.73. The number of sulfonamides is 1. The summed E-state index contributed by atoms with van der Waals surface area (Å²) in [6.45, 7) is 3.88. The number of hydrazone groups is 1. The Morgan fingerprint density at radius 3 is 2.50 bits per heavy atom. The molecule has 170 valence electrons. The van der Waals surface area contributed by atoms with Gasteiger partial charge in [-0.2, -0.15) is 5.10 Å². The molecule has 0 aromatic heterocycles. The lowest BCUT2D eigenvalue weighted by molar-refractivity contribution is -0.119. The summed E-state index contributed by atoms with van der Waals surface area (Å²) in [6, 6.07) is 11.7. The molecule has 0 saturated heterocycles. The van der Waals surface area contributed by atoms with Crippen LogP contribution in [0.4, 0.5) is 5.69 Å². The lowest BCUT2D eigenvalue weighted by Crippen LogP contribution is -2.41. The molecule has 32 heavy (non-hydrogen) atoms. The number of ether oxygens (including phenoxy) is 1. The van der Waals surface area contributed by atoms with Gasteiger partial charge in [-0.05, 0) is 55.3 Å². The van der Waals surface area contributed by atoms with E-state index in [1.807, 2.05) is 32.0 Å². The Morgan fingerprint density at radius 1 is 1.09 bits per heavy atom. The van der Waals surface area contributed by atoms with Crippen molar-refractivity contribution in [3.05, 3.63) is 53.6 Å². The Balaban J connectivity index is 1.59. The number of carbonyl (C=O) groups is 2. The summed E-state index contributed by atoms with van der Waals surface area (Å²) >= 11 is 0. The van der Waals surface area contributed by atoms with E-state index in [9.17, 15) is 18.0 Å². The van der Waals surface area contributed by atoms with E-state index in [2.05, 4.69) is 15.1 Å². The number of amides is 2. The predicted molar refractivity (Wildman–Crippen MR) is 121 cm³/mol. The van der Waals surface area contributed by atoms with E-state index in [1.54, 1.807) is 12.1 Å². The molecule has 0 atom stereocenters. The summed E-state index contributed by atoms with van der Waals surface area (Å²) in [4.78, 5) is 25.0. The van der Waals surface area contributed by atoms with Crippen LogP contribution >= 0.6 is 0 Å². The number of anilines is 1. The molecule has 0 spiro atoms. The molecule has 0 aliphatic carbocycles. The van der Waals surface area contributed by atoms with Crippen molar-refractivity contribution in [2.45, 2.75) is 31.6 Å². The van der Waals surface area contributed by atoms with Crippen LogP contribution in [0.1, 0.15) is 24.0 Å². The Kier molecular flexibility index (Phi) is 7.26. The fourth-order valence-corrected chi connectivity index (χ4v) is 4.19. The van der Waals surface area contributed by atoms with Gasteiger partial charge in [0.25, 0.3) is 5.91 Å². The van der Waals surface area contributed by atoms with Crippen molar-refractivity contribution in [3.63, 3.8) is 0 Å². The third-order valence-corrected chi connectivity index (χ3v) is 6.44. The van der Waals surface area contributed by atoms with Crippen molar-refractivity contribution in [1.29, 1.82) is 0 Å². The number of methoxy groups -OCH3 is 1. The minimum absolute atomic E-state index is 0.00696. The molecule has 0 radical (unpaired) electrons. The Labute approximate surface area is 187 Å². The first kappa shape index (κ1) is 23.4. The predicted octanol–water partition coefficient (Wildman–Crippen LogP) is 1.89. The Morgan fingerprint density at radius 2 is 1.81 bits per heavy atom. The highest BCUT2D eigenvalue weighted by molar-refractivity contribution is 7.89. The van der Waals surface area contributed by atoms with Gasteiger partial charge < -0.3 is 10.1 Å². The van der Waals surface area contributed by atoms with Crippen LogP contribution in [-0.2, 0) is 19.6 Å². The van der Waals surface area contributed by atoms with Crippen molar-refractivity contribution in [2.24, 2.45) is 5.10 Å². The van der Waals surface area contributed by atoms with Crippen LogP contribution in [0, 0.1) is 13.8 Å². The second kappa shape index (κ2) is 9.92. The van der Waals surface area contributed by atoms with E-state index < -0.39 is 15.9 Å². The number of nitrogens with one attached hydrogen (secondary N) is 2. The van der Waals surface area contributed by atoms with Crippen LogP contribution < -0.4 is 19.8 Å². The monoisotopic (exact) mass is 458 g/mol. The minimum Gasteiger partial charge on any atom is -0.497 e. The third-order valence-electron chi connectivity index (χ3n) is 4.96. The number of hydrogen-bond acceptors (Lipinski definition) is 6. The molecule has 2 aromatic carbocycles. The highest BCUT2D eigenvalue weighted by atomic mass is 32.2. The first-order valence-electron chi connectivity index (χ1n) is 10.1. The van der Waals surface area contributed by atoms with E-state index in [-0.39, 0.29) is 42.4 Å². The molecular formula is C22H26N4O5S. The molecular weight excluding hydrogens is 432 g/mol. The van der Waals surface area contributed by atoms with Crippen LogP contribution in [0.3, 0.4) is 0 Å². The van der Waals surface area contributed by atoms with Crippen molar-refractivity contribution in [2.75, 3.05) is 25.2 Å². The fraction of sp³-hybridized carbons (Fsp3) is 0.318. The average molecular weight is 459 g/mol. The molecule has 0 fully saturated rings. The van der Waals surface area contributed by atoms with E-state index in [1.165, 1.54) is 24.3 Å². The van der Waals surface area contributed by atoms with Gasteiger partial charge in [-0.3, -0.25) is 9.59 Å². The first-order valence-corrected chi connectivity index (χ1v) is 11.6. The number of carbonyl (C=O) groups excluding carboxylic acids is 2. The number of benzene rings is 2. The lowest BCUT2D eigenvalue weighted by atomic mass is 10.1. The van der Waals surface area contributed by atoms with E-state index in [0.29, 0.717) is 11.4 Å². The highest BCUT2D eigenvalue weighted by Crippen LogP contribution is 2.25. The molecule has 2 aromatic rings. The van der Waals surface area contributed by atoms with Crippen LogP contribution in [-0.4, -0.2) is 46.1 Å². The van der Waals surface area contributed by atoms with Crippen LogP contribution in [0.25, 0.3) is 0 Å². The molecule has 0 bridgehead atoms. The topological polar surface area (TPSA) is 117 Å². The van der Waals surface area contributed by atoms with Gasteiger partial charge >= 0.3 is 0 Å². The molecule has 1 heterocycles. The molecule has 1 aliphatic heterocycles.